The van der Waals surface area contributed by atoms with Gasteiger partial charge in [0.2, 0.25) is 0 Å². The summed E-state index contributed by atoms with van der Waals surface area (Å²) >= 11 is 0. The van der Waals surface area contributed by atoms with Gasteiger partial charge in [0.1, 0.15) is 0 Å². The molecule has 1 aliphatic rings. The van der Waals surface area contributed by atoms with Gasteiger partial charge in [-0.3, -0.25) is 0 Å². The molecule has 1 aliphatic heterocycles. The van der Waals surface area contributed by atoms with Crippen molar-refractivity contribution in [3.63, 3.8) is 0 Å². The molecule has 1 heterocycles. The first-order valence-electron chi connectivity index (χ1n) is 7.22. The highest BCUT2D eigenvalue weighted by Gasteiger charge is 2.20. The van der Waals surface area contributed by atoms with E-state index in [0.717, 1.165) is 19.6 Å². The van der Waals surface area contributed by atoms with Crippen LogP contribution < -0.4 is 5.32 Å². The van der Waals surface area contributed by atoms with Gasteiger partial charge in [0, 0.05) is 19.2 Å². The highest BCUT2D eigenvalue weighted by Crippen LogP contribution is 2.11. The van der Waals surface area contributed by atoms with Crippen molar-refractivity contribution in [2.75, 3.05) is 19.8 Å². The fourth-order valence-electron chi connectivity index (χ4n) is 2.36. The Morgan fingerprint density at radius 2 is 2.11 bits per heavy atom. The summed E-state index contributed by atoms with van der Waals surface area (Å²) in [6.07, 6.45) is 1.26. The Morgan fingerprint density at radius 1 is 1.32 bits per heavy atom. The number of benzene rings is 1. The van der Waals surface area contributed by atoms with Crippen LogP contribution in [0.3, 0.4) is 0 Å². The van der Waals surface area contributed by atoms with Gasteiger partial charge in [-0.05, 0) is 17.9 Å². The lowest BCUT2D eigenvalue weighted by atomic mass is 10.0. The Bertz CT molecular complexity index is 353. The second kappa shape index (κ2) is 7.63. The zero-order valence-electron chi connectivity index (χ0n) is 12.0. The number of nitrogens with one attached hydrogen (secondary N) is 1. The molecule has 0 radical (unpaired) electrons. The van der Waals surface area contributed by atoms with Gasteiger partial charge in [-0.15, -0.1) is 0 Å². The minimum Gasteiger partial charge on any atom is -0.374 e. The SMILES string of the molecule is CC(C)C1CCOC(COCc2ccccc2)CN1. The van der Waals surface area contributed by atoms with E-state index in [1.807, 2.05) is 18.2 Å². The maximum atomic E-state index is 5.83. The zero-order chi connectivity index (χ0) is 13.5. The molecule has 106 valence electrons. The topological polar surface area (TPSA) is 30.5 Å². The number of hydrogen-bond donors (Lipinski definition) is 1. The van der Waals surface area contributed by atoms with Crippen molar-refractivity contribution >= 4 is 0 Å². The molecular weight excluding hydrogens is 238 g/mol. The smallest absolute Gasteiger partial charge is 0.0932 e. The Hall–Kier alpha value is -0.900. The lowest BCUT2D eigenvalue weighted by Crippen LogP contribution is -2.37. The van der Waals surface area contributed by atoms with Crippen LogP contribution in [0, 0.1) is 5.92 Å². The van der Waals surface area contributed by atoms with Gasteiger partial charge < -0.3 is 14.8 Å². The molecular formula is C16H25NO2. The van der Waals surface area contributed by atoms with E-state index in [0.29, 0.717) is 25.2 Å². The van der Waals surface area contributed by atoms with Gasteiger partial charge in [-0.25, -0.2) is 0 Å². The predicted molar refractivity (Wildman–Crippen MR) is 77.1 cm³/mol. The van der Waals surface area contributed by atoms with E-state index in [1.165, 1.54) is 5.56 Å². The van der Waals surface area contributed by atoms with Gasteiger partial charge in [0.05, 0.1) is 19.3 Å². The molecule has 2 atom stereocenters. The molecule has 1 aromatic carbocycles. The molecule has 0 spiro atoms. The normalized spacial score (nSPS) is 24.4. The summed E-state index contributed by atoms with van der Waals surface area (Å²) in [7, 11) is 0. The van der Waals surface area contributed by atoms with E-state index in [-0.39, 0.29) is 6.10 Å². The predicted octanol–water partition coefficient (Wildman–Crippen LogP) is 2.61. The van der Waals surface area contributed by atoms with E-state index < -0.39 is 0 Å². The van der Waals surface area contributed by atoms with Crippen molar-refractivity contribution in [2.45, 2.75) is 39.0 Å². The average Bonchev–Trinajstić information content (AvgIpc) is 2.66. The van der Waals surface area contributed by atoms with E-state index in [2.05, 4.69) is 31.3 Å². The molecule has 1 saturated heterocycles. The summed E-state index contributed by atoms with van der Waals surface area (Å²) in [5.41, 5.74) is 1.21. The minimum atomic E-state index is 0.174. The lowest BCUT2D eigenvalue weighted by molar-refractivity contribution is -0.0128. The van der Waals surface area contributed by atoms with Crippen LogP contribution in [0.25, 0.3) is 0 Å². The molecule has 1 N–H and O–H groups in total. The molecule has 2 rings (SSSR count). The molecule has 0 aliphatic carbocycles. The van der Waals surface area contributed by atoms with Crippen molar-refractivity contribution in [3.8, 4) is 0 Å². The van der Waals surface area contributed by atoms with Crippen LogP contribution >= 0.6 is 0 Å². The van der Waals surface area contributed by atoms with Gasteiger partial charge in [-0.1, -0.05) is 44.2 Å². The lowest BCUT2D eigenvalue weighted by Gasteiger charge is -2.19. The summed E-state index contributed by atoms with van der Waals surface area (Å²) in [5.74, 6) is 0.660. The monoisotopic (exact) mass is 263 g/mol. The summed E-state index contributed by atoms with van der Waals surface area (Å²) < 4.78 is 11.6. The summed E-state index contributed by atoms with van der Waals surface area (Å²) in [6.45, 7) is 7.54. The molecule has 0 aromatic heterocycles. The Kier molecular flexibility index (Phi) is 5.83. The van der Waals surface area contributed by atoms with Crippen LogP contribution in [0.5, 0.6) is 0 Å². The minimum absolute atomic E-state index is 0.174. The van der Waals surface area contributed by atoms with Crippen LogP contribution in [-0.2, 0) is 16.1 Å². The second-order valence-electron chi connectivity index (χ2n) is 5.54. The molecule has 1 fully saturated rings. The van der Waals surface area contributed by atoms with Crippen molar-refractivity contribution in [2.24, 2.45) is 5.92 Å². The van der Waals surface area contributed by atoms with E-state index >= 15 is 0 Å². The van der Waals surface area contributed by atoms with Crippen LogP contribution in [0.1, 0.15) is 25.8 Å². The Balaban J connectivity index is 1.69. The molecule has 3 nitrogen and oxygen atoms in total. The molecule has 1 aromatic rings. The Morgan fingerprint density at radius 3 is 2.84 bits per heavy atom. The van der Waals surface area contributed by atoms with Crippen LogP contribution in [0.4, 0.5) is 0 Å². The molecule has 19 heavy (non-hydrogen) atoms. The van der Waals surface area contributed by atoms with Gasteiger partial charge in [0.25, 0.3) is 0 Å². The van der Waals surface area contributed by atoms with Gasteiger partial charge >= 0.3 is 0 Å². The highest BCUT2D eigenvalue weighted by atomic mass is 16.5. The fourth-order valence-corrected chi connectivity index (χ4v) is 2.36. The molecule has 2 unspecified atom stereocenters. The first-order valence-corrected chi connectivity index (χ1v) is 7.22. The third kappa shape index (κ3) is 4.94. The van der Waals surface area contributed by atoms with Crippen molar-refractivity contribution in [1.29, 1.82) is 0 Å². The first-order chi connectivity index (χ1) is 9.25. The van der Waals surface area contributed by atoms with E-state index in [1.54, 1.807) is 0 Å². The molecule has 3 heteroatoms. The van der Waals surface area contributed by atoms with Crippen molar-refractivity contribution < 1.29 is 9.47 Å². The van der Waals surface area contributed by atoms with E-state index in [4.69, 9.17) is 9.47 Å². The van der Waals surface area contributed by atoms with Crippen molar-refractivity contribution in [3.05, 3.63) is 35.9 Å². The van der Waals surface area contributed by atoms with Crippen LogP contribution in [0.15, 0.2) is 30.3 Å². The maximum absolute atomic E-state index is 5.83. The average molecular weight is 263 g/mol. The zero-order valence-corrected chi connectivity index (χ0v) is 12.0. The number of hydrogen-bond acceptors (Lipinski definition) is 3. The Labute approximate surface area is 116 Å². The van der Waals surface area contributed by atoms with E-state index in [9.17, 15) is 0 Å². The quantitative estimate of drug-likeness (QED) is 0.886. The number of rotatable bonds is 5. The standard InChI is InChI=1S/C16H25NO2/c1-13(2)16-8-9-19-15(10-17-16)12-18-11-14-6-4-3-5-7-14/h3-7,13,15-17H,8-12H2,1-2H3. The second-order valence-corrected chi connectivity index (χ2v) is 5.54. The largest absolute Gasteiger partial charge is 0.374 e. The first kappa shape index (κ1) is 14.5. The summed E-state index contributed by atoms with van der Waals surface area (Å²) in [4.78, 5) is 0. The van der Waals surface area contributed by atoms with Crippen LogP contribution in [0.2, 0.25) is 0 Å². The summed E-state index contributed by atoms with van der Waals surface area (Å²) in [6, 6.07) is 10.8. The number of ether oxygens (including phenoxy) is 2. The van der Waals surface area contributed by atoms with Gasteiger partial charge in [0.15, 0.2) is 0 Å². The van der Waals surface area contributed by atoms with Crippen LogP contribution in [-0.4, -0.2) is 31.9 Å². The third-order valence-corrected chi connectivity index (χ3v) is 3.61. The summed E-state index contributed by atoms with van der Waals surface area (Å²) in [5, 5.41) is 3.57. The van der Waals surface area contributed by atoms with Crippen molar-refractivity contribution in [1.82, 2.24) is 5.32 Å². The van der Waals surface area contributed by atoms with Gasteiger partial charge in [-0.2, -0.15) is 0 Å². The molecule has 0 amide bonds. The fraction of sp³-hybridized carbons (Fsp3) is 0.625. The third-order valence-electron chi connectivity index (χ3n) is 3.61. The maximum Gasteiger partial charge on any atom is 0.0932 e. The molecule has 0 saturated carbocycles. The molecule has 0 bridgehead atoms. The highest BCUT2D eigenvalue weighted by molar-refractivity contribution is 5.13.